The molecule has 1 aliphatic rings. The van der Waals surface area contributed by atoms with Crippen molar-refractivity contribution in [2.45, 2.75) is 39.0 Å². The second-order valence-corrected chi connectivity index (χ2v) is 7.52. The molecule has 0 aromatic heterocycles. The molecule has 2 rings (SSSR count). The fourth-order valence-corrected chi connectivity index (χ4v) is 3.56. The predicted molar refractivity (Wildman–Crippen MR) is 129 cm³/mol. The van der Waals surface area contributed by atoms with E-state index in [9.17, 15) is 4.79 Å². The van der Waals surface area contributed by atoms with Gasteiger partial charge in [-0.1, -0.05) is 12.1 Å². The first-order valence-electron chi connectivity index (χ1n) is 10.1. The lowest BCUT2D eigenvalue weighted by molar-refractivity contribution is -0.119. The normalized spacial score (nSPS) is 17.0. The van der Waals surface area contributed by atoms with E-state index in [-0.39, 0.29) is 29.9 Å². The van der Waals surface area contributed by atoms with Crippen molar-refractivity contribution in [3.05, 3.63) is 29.8 Å². The van der Waals surface area contributed by atoms with Gasteiger partial charge in [-0.3, -0.25) is 9.79 Å². The Hall–Kier alpha value is -1.51. The van der Waals surface area contributed by atoms with Crippen LogP contribution >= 0.6 is 24.0 Å². The van der Waals surface area contributed by atoms with Crippen LogP contribution in [0, 0.1) is 5.92 Å². The third-order valence-corrected chi connectivity index (χ3v) is 4.98. The summed E-state index contributed by atoms with van der Waals surface area (Å²) in [5.41, 5.74) is 7.95. The van der Waals surface area contributed by atoms with Gasteiger partial charge in [-0.15, -0.1) is 24.0 Å². The summed E-state index contributed by atoms with van der Waals surface area (Å²) in [4.78, 5) is 20.4. The van der Waals surface area contributed by atoms with E-state index in [1.54, 1.807) is 0 Å². The first-order chi connectivity index (χ1) is 13.0. The minimum atomic E-state index is -0.205. The molecule has 1 aromatic rings. The summed E-state index contributed by atoms with van der Waals surface area (Å²) in [7, 11) is 4.11. The van der Waals surface area contributed by atoms with E-state index >= 15 is 0 Å². The number of aryl methyl sites for hydroxylation is 1. The number of rotatable bonds is 8. The summed E-state index contributed by atoms with van der Waals surface area (Å²) in [5.74, 6) is 1.11. The number of likely N-dealkylation sites (tertiary alicyclic amines) is 1. The number of hydrogen-bond acceptors (Lipinski definition) is 3. The third kappa shape index (κ3) is 8.24. The molecule has 1 amide bonds. The number of nitrogens with one attached hydrogen (secondary N) is 1. The molecule has 1 aromatic carbocycles. The number of carbonyl (C=O) groups excluding carboxylic acids is 1. The van der Waals surface area contributed by atoms with Gasteiger partial charge in [0.1, 0.15) is 0 Å². The van der Waals surface area contributed by atoms with Crippen molar-refractivity contribution in [2.75, 3.05) is 45.2 Å². The molecule has 1 atom stereocenters. The molecule has 0 radical (unpaired) electrons. The average molecular weight is 501 g/mol. The molecule has 28 heavy (non-hydrogen) atoms. The lowest BCUT2D eigenvalue weighted by atomic mass is 9.95. The van der Waals surface area contributed by atoms with E-state index in [0.29, 0.717) is 12.3 Å². The molecule has 1 aliphatic heterocycles. The fourth-order valence-electron chi connectivity index (χ4n) is 3.56. The lowest BCUT2D eigenvalue weighted by Gasteiger charge is -2.34. The number of hydrogen-bond donors (Lipinski definition) is 2. The van der Waals surface area contributed by atoms with Crippen molar-refractivity contribution in [2.24, 2.45) is 16.6 Å². The van der Waals surface area contributed by atoms with E-state index in [1.807, 2.05) is 0 Å². The van der Waals surface area contributed by atoms with Gasteiger partial charge in [0.15, 0.2) is 5.96 Å². The second kappa shape index (κ2) is 12.9. The van der Waals surface area contributed by atoms with Crippen LogP contribution in [0.15, 0.2) is 29.3 Å². The van der Waals surface area contributed by atoms with Crippen LogP contribution in [0.5, 0.6) is 0 Å². The molecule has 3 N–H and O–H groups in total. The number of primary amides is 1. The van der Waals surface area contributed by atoms with Gasteiger partial charge in [0.05, 0.1) is 0 Å². The molecule has 0 spiro atoms. The Balaban J connectivity index is 0.00000392. The number of aliphatic imine (C=N–C) groups is 1. The maximum absolute atomic E-state index is 11.2. The van der Waals surface area contributed by atoms with Crippen LogP contribution < -0.4 is 16.0 Å². The number of guanidine groups is 1. The van der Waals surface area contributed by atoms with Crippen LogP contribution in [0.4, 0.5) is 5.69 Å². The number of benzene rings is 1. The molecule has 1 saturated heterocycles. The third-order valence-electron chi connectivity index (χ3n) is 4.98. The standard InChI is InChI=1S/C21H35N5O.HI/c1-4-23-21(26-14-6-8-18(16-26)15-20(22)27)24-13-5-7-17-9-11-19(12-10-17)25(2)3;/h9-12,18H,4-8,13-16H2,1-3H3,(H2,22,27)(H,23,24);1H. The first kappa shape index (κ1) is 24.5. The highest BCUT2D eigenvalue weighted by molar-refractivity contribution is 14.0. The first-order valence-corrected chi connectivity index (χ1v) is 10.1. The topological polar surface area (TPSA) is 74.0 Å². The van der Waals surface area contributed by atoms with Crippen molar-refractivity contribution in [1.29, 1.82) is 0 Å². The summed E-state index contributed by atoms with van der Waals surface area (Å²) in [6, 6.07) is 8.72. The van der Waals surface area contributed by atoms with Crippen molar-refractivity contribution < 1.29 is 4.79 Å². The quantitative estimate of drug-likeness (QED) is 0.249. The summed E-state index contributed by atoms with van der Waals surface area (Å²) in [5, 5.41) is 3.40. The van der Waals surface area contributed by atoms with E-state index < -0.39 is 0 Å². The number of anilines is 1. The molecule has 0 bridgehead atoms. The molecular weight excluding hydrogens is 465 g/mol. The number of piperidine rings is 1. The highest BCUT2D eigenvalue weighted by Crippen LogP contribution is 2.19. The number of carbonyl (C=O) groups is 1. The molecule has 7 heteroatoms. The summed E-state index contributed by atoms with van der Waals surface area (Å²) in [6.45, 7) is 5.59. The van der Waals surface area contributed by atoms with Crippen LogP contribution in [0.25, 0.3) is 0 Å². The zero-order chi connectivity index (χ0) is 19.6. The van der Waals surface area contributed by atoms with E-state index in [0.717, 1.165) is 57.8 Å². The van der Waals surface area contributed by atoms with Crippen LogP contribution in [0.1, 0.15) is 38.2 Å². The van der Waals surface area contributed by atoms with Crippen molar-refractivity contribution in [3.8, 4) is 0 Å². The minimum absolute atomic E-state index is 0. The van der Waals surface area contributed by atoms with Gasteiger partial charge in [-0.2, -0.15) is 0 Å². The van der Waals surface area contributed by atoms with Crippen molar-refractivity contribution in [3.63, 3.8) is 0 Å². The van der Waals surface area contributed by atoms with E-state index in [4.69, 9.17) is 10.7 Å². The maximum Gasteiger partial charge on any atom is 0.217 e. The molecule has 1 unspecified atom stereocenters. The molecule has 1 fully saturated rings. The molecule has 0 aliphatic carbocycles. The van der Waals surface area contributed by atoms with Gasteiger partial charge < -0.3 is 20.9 Å². The van der Waals surface area contributed by atoms with Crippen LogP contribution in [0.2, 0.25) is 0 Å². The van der Waals surface area contributed by atoms with E-state index in [1.165, 1.54) is 11.3 Å². The minimum Gasteiger partial charge on any atom is -0.378 e. The Kier molecular flexibility index (Phi) is 11.3. The zero-order valence-electron chi connectivity index (χ0n) is 17.5. The molecule has 6 nitrogen and oxygen atoms in total. The highest BCUT2D eigenvalue weighted by atomic mass is 127. The number of nitrogens with zero attached hydrogens (tertiary/aromatic N) is 3. The van der Waals surface area contributed by atoms with Crippen LogP contribution in [0.3, 0.4) is 0 Å². The van der Waals surface area contributed by atoms with Gasteiger partial charge in [-0.25, -0.2) is 0 Å². The van der Waals surface area contributed by atoms with Crippen LogP contribution in [-0.4, -0.2) is 57.0 Å². The Morgan fingerprint density at radius 3 is 2.64 bits per heavy atom. The van der Waals surface area contributed by atoms with Crippen molar-refractivity contribution in [1.82, 2.24) is 10.2 Å². The predicted octanol–water partition coefficient (Wildman–Crippen LogP) is 2.86. The molecule has 1 heterocycles. The molecule has 0 saturated carbocycles. The molecular formula is C21H36IN5O. The summed E-state index contributed by atoms with van der Waals surface area (Å²) >= 11 is 0. The summed E-state index contributed by atoms with van der Waals surface area (Å²) in [6.07, 6.45) is 4.68. The van der Waals surface area contributed by atoms with Gasteiger partial charge in [0.25, 0.3) is 0 Å². The Morgan fingerprint density at radius 1 is 1.32 bits per heavy atom. The fraction of sp³-hybridized carbons (Fsp3) is 0.619. The van der Waals surface area contributed by atoms with Gasteiger partial charge >= 0.3 is 0 Å². The number of nitrogens with two attached hydrogens (primary N) is 1. The Morgan fingerprint density at radius 2 is 2.04 bits per heavy atom. The highest BCUT2D eigenvalue weighted by Gasteiger charge is 2.23. The zero-order valence-corrected chi connectivity index (χ0v) is 19.8. The monoisotopic (exact) mass is 501 g/mol. The average Bonchev–Trinajstić information content (AvgIpc) is 2.64. The van der Waals surface area contributed by atoms with Gasteiger partial charge in [0.2, 0.25) is 5.91 Å². The molecule has 158 valence electrons. The number of amides is 1. The Bertz CT molecular complexity index is 618. The lowest BCUT2D eigenvalue weighted by Crippen LogP contribution is -2.47. The second-order valence-electron chi connectivity index (χ2n) is 7.52. The van der Waals surface area contributed by atoms with Crippen molar-refractivity contribution >= 4 is 41.5 Å². The SMILES string of the molecule is CCNC(=NCCCc1ccc(N(C)C)cc1)N1CCCC(CC(N)=O)C1.I. The van der Waals surface area contributed by atoms with Gasteiger partial charge in [0, 0.05) is 52.4 Å². The smallest absolute Gasteiger partial charge is 0.217 e. The van der Waals surface area contributed by atoms with Crippen LogP contribution in [-0.2, 0) is 11.2 Å². The summed E-state index contributed by atoms with van der Waals surface area (Å²) < 4.78 is 0. The number of halogens is 1. The van der Waals surface area contributed by atoms with Gasteiger partial charge in [-0.05, 0) is 56.2 Å². The largest absolute Gasteiger partial charge is 0.378 e. The maximum atomic E-state index is 11.2. The Labute approximate surface area is 187 Å². The van der Waals surface area contributed by atoms with E-state index in [2.05, 4.69) is 60.4 Å².